The Morgan fingerprint density at radius 1 is 0.250 bits per heavy atom. The normalized spacial score (nSPS) is 11.9. The molecule has 12 rings (SSSR count). The van der Waals surface area contributed by atoms with Gasteiger partial charge in [0.05, 0.1) is 0 Å². The molecular weight excluding hydrogens is 713 g/mol. The van der Waals surface area contributed by atoms with Crippen molar-refractivity contribution in [3.8, 4) is 44.5 Å². The lowest BCUT2D eigenvalue weighted by Gasteiger charge is -2.18. The first kappa shape index (κ1) is 31.7. The SMILES string of the molecule is c1ccc(-c2cccc(-c3c4ccccc4c(-c4ccc(-c5cc6c7ccc8sc9ccccc9c8c7sc6c6ccccc56)cc4)c4ccccc34)c2)cc1. The number of rotatable bonds is 4. The second-order valence-electron chi connectivity index (χ2n) is 14.7. The van der Waals surface area contributed by atoms with Gasteiger partial charge in [0.25, 0.3) is 0 Å². The monoisotopic (exact) mass is 744 g/mol. The first-order valence-corrected chi connectivity index (χ1v) is 20.8. The van der Waals surface area contributed by atoms with Crippen molar-refractivity contribution in [3.63, 3.8) is 0 Å². The molecule has 0 saturated carbocycles. The largest absolute Gasteiger partial charge is 0.135 e. The highest BCUT2D eigenvalue weighted by Crippen LogP contribution is 2.49. The zero-order chi connectivity index (χ0) is 36.7. The first-order chi connectivity index (χ1) is 27.8. The zero-order valence-corrected chi connectivity index (χ0v) is 31.9. The average molecular weight is 745 g/mol. The molecule has 12 aromatic rings. The maximum atomic E-state index is 2.45. The van der Waals surface area contributed by atoms with Gasteiger partial charge >= 0.3 is 0 Å². The van der Waals surface area contributed by atoms with Gasteiger partial charge < -0.3 is 0 Å². The van der Waals surface area contributed by atoms with Gasteiger partial charge in [0.1, 0.15) is 0 Å². The summed E-state index contributed by atoms with van der Waals surface area (Å²) >= 11 is 3.85. The Balaban J connectivity index is 1.04. The van der Waals surface area contributed by atoms with Crippen LogP contribution >= 0.6 is 22.7 Å². The summed E-state index contributed by atoms with van der Waals surface area (Å²) in [4.78, 5) is 0. The summed E-state index contributed by atoms with van der Waals surface area (Å²) in [7, 11) is 0. The third-order valence-corrected chi connectivity index (χ3v) is 14.1. The van der Waals surface area contributed by atoms with Crippen LogP contribution in [0.15, 0.2) is 194 Å². The molecule has 0 aliphatic carbocycles. The van der Waals surface area contributed by atoms with Crippen molar-refractivity contribution in [2.24, 2.45) is 0 Å². The molecule has 10 aromatic carbocycles. The van der Waals surface area contributed by atoms with E-state index < -0.39 is 0 Å². The number of hydrogen-bond donors (Lipinski definition) is 0. The fourth-order valence-corrected chi connectivity index (χ4v) is 11.7. The highest BCUT2D eigenvalue weighted by molar-refractivity contribution is 7.30. The van der Waals surface area contributed by atoms with Gasteiger partial charge in [-0.3, -0.25) is 0 Å². The number of thiophene rings is 2. The van der Waals surface area contributed by atoms with E-state index in [9.17, 15) is 0 Å². The first-order valence-electron chi connectivity index (χ1n) is 19.2. The highest BCUT2D eigenvalue weighted by Gasteiger charge is 2.19. The summed E-state index contributed by atoms with van der Waals surface area (Å²) in [6.07, 6.45) is 0. The van der Waals surface area contributed by atoms with Gasteiger partial charge in [0, 0.05) is 45.7 Å². The van der Waals surface area contributed by atoms with Gasteiger partial charge in [-0.1, -0.05) is 170 Å². The predicted molar refractivity (Wildman–Crippen MR) is 246 cm³/mol. The summed E-state index contributed by atoms with van der Waals surface area (Å²) in [6, 6.07) is 71.9. The summed E-state index contributed by atoms with van der Waals surface area (Å²) in [5.41, 5.74) is 9.99. The standard InChI is InChI=1S/C54H32S2/c1-2-13-33(14-3-1)36-15-12-16-37(31-36)51-41-20-7-5-18-39(41)50(40-19-6-8-21-42(40)51)35-27-25-34(26-28-35)46-32-47-44-29-30-49-52(45-23-10-11-24-48(45)55-49)54(44)56-53(47)43-22-9-4-17-38(43)46/h1-32H. The van der Waals surface area contributed by atoms with Crippen molar-refractivity contribution in [3.05, 3.63) is 194 Å². The summed E-state index contributed by atoms with van der Waals surface area (Å²) in [5.74, 6) is 0. The molecule has 2 heterocycles. The molecule has 2 aromatic heterocycles. The van der Waals surface area contributed by atoms with Gasteiger partial charge in [0.2, 0.25) is 0 Å². The molecule has 2 heteroatoms. The summed E-state index contributed by atoms with van der Waals surface area (Å²) in [6.45, 7) is 0. The highest BCUT2D eigenvalue weighted by atomic mass is 32.1. The number of benzene rings is 10. The van der Waals surface area contributed by atoms with Crippen LogP contribution in [-0.2, 0) is 0 Å². The van der Waals surface area contributed by atoms with Crippen LogP contribution in [0.25, 0.3) is 117 Å². The van der Waals surface area contributed by atoms with Gasteiger partial charge in [-0.2, -0.15) is 0 Å². The Labute approximate surface area is 332 Å². The maximum absolute atomic E-state index is 2.45. The summed E-state index contributed by atoms with van der Waals surface area (Å²) < 4.78 is 5.47. The van der Waals surface area contributed by atoms with Crippen molar-refractivity contribution in [1.82, 2.24) is 0 Å². The summed E-state index contributed by atoms with van der Waals surface area (Å²) in [5, 5.41) is 13.1. The third kappa shape index (κ3) is 4.77. The fourth-order valence-electron chi connectivity index (χ4n) is 9.15. The van der Waals surface area contributed by atoms with Gasteiger partial charge in [-0.25, -0.2) is 0 Å². The molecule has 0 saturated heterocycles. The Bertz CT molecular complexity index is 3450. The van der Waals surface area contributed by atoms with Gasteiger partial charge in [-0.05, 0) is 95.7 Å². The molecule has 0 spiro atoms. The Kier molecular flexibility index (Phi) is 7.07. The minimum atomic E-state index is 1.23. The van der Waals surface area contributed by atoms with Crippen molar-refractivity contribution in [1.29, 1.82) is 0 Å². The zero-order valence-electron chi connectivity index (χ0n) is 30.3. The topological polar surface area (TPSA) is 0 Å². The van der Waals surface area contributed by atoms with E-state index in [2.05, 4.69) is 194 Å². The molecule has 0 amide bonds. The van der Waals surface area contributed by atoms with Crippen LogP contribution in [0.1, 0.15) is 0 Å². The molecular formula is C54H32S2. The lowest BCUT2D eigenvalue weighted by molar-refractivity contribution is 1.61. The quantitative estimate of drug-likeness (QED) is 0.157. The number of fused-ring (bicyclic) bond motifs is 11. The fraction of sp³-hybridized carbons (Fsp3) is 0. The van der Waals surface area contributed by atoms with E-state index in [0.717, 1.165) is 0 Å². The lowest BCUT2D eigenvalue weighted by Crippen LogP contribution is -1.91. The molecule has 0 aliphatic rings. The van der Waals surface area contributed by atoms with Crippen LogP contribution in [-0.4, -0.2) is 0 Å². The molecule has 0 bridgehead atoms. The van der Waals surface area contributed by atoms with Crippen molar-refractivity contribution >= 4 is 95.3 Å². The van der Waals surface area contributed by atoms with E-state index in [1.165, 1.54) is 117 Å². The lowest BCUT2D eigenvalue weighted by atomic mass is 9.85. The van der Waals surface area contributed by atoms with E-state index in [1.54, 1.807) is 0 Å². The Hall–Kier alpha value is -6.58. The van der Waals surface area contributed by atoms with Crippen LogP contribution in [0.4, 0.5) is 0 Å². The van der Waals surface area contributed by atoms with Crippen LogP contribution in [0.2, 0.25) is 0 Å². The average Bonchev–Trinajstić information content (AvgIpc) is 3.84. The van der Waals surface area contributed by atoms with Crippen LogP contribution in [0.5, 0.6) is 0 Å². The van der Waals surface area contributed by atoms with Gasteiger partial charge in [0.15, 0.2) is 0 Å². The van der Waals surface area contributed by atoms with E-state index in [0.29, 0.717) is 0 Å². The van der Waals surface area contributed by atoms with Crippen molar-refractivity contribution in [2.45, 2.75) is 0 Å². The van der Waals surface area contributed by atoms with E-state index in [4.69, 9.17) is 0 Å². The minimum absolute atomic E-state index is 1.23. The van der Waals surface area contributed by atoms with Crippen LogP contribution < -0.4 is 0 Å². The van der Waals surface area contributed by atoms with Crippen molar-refractivity contribution < 1.29 is 0 Å². The predicted octanol–water partition coefficient (Wildman–Crippen LogP) is 16.5. The van der Waals surface area contributed by atoms with E-state index in [1.807, 2.05) is 22.7 Å². The van der Waals surface area contributed by atoms with Crippen LogP contribution in [0.3, 0.4) is 0 Å². The van der Waals surface area contributed by atoms with Crippen molar-refractivity contribution in [2.75, 3.05) is 0 Å². The maximum Gasteiger partial charge on any atom is 0.0448 e. The molecule has 0 radical (unpaired) electrons. The molecule has 0 aliphatic heterocycles. The van der Waals surface area contributed by atoms with Crippen LogP contribution in [0, 0.1) is 0 Å². The second kappa shape index (κ2) is 12.5. The third-order valence-electron chi connectivity index (χ3n) is 11.7. The molecule has 0 unspecified atom stereocenters. The Morgan fingerprint density at radius 3 is 1.50 bits per heavy atom. The van der Waals surface area contributed by atoms with E-state index in [-0.39, 0.29) is 0 Å². The molecule has 0 atom stereocenters. The second-order valence-corrected chi connectivity index (χ2v) is 16.8. The molecule has 260 valence electrons. The molecule has 0 nitrogen and oxygen atoms in total. The molecule has 56 heavy (non-hydrogen) atoms. The van der Waals surface area contributed by atoms with Gasteiger partial charge in [-0.15, -0.1) is 22.7 Å². The van der Waals surface area contributed by atoms with E-state index >= 15 is 0 Å². The molecule has 0 N–H and O–H groups in total. The number of hydrogen-bond acceptors (Lipinski definition) is 2. The molecule has 0 fully saturated rings. The Morgan fingerprint density at radius 2 is 0.786 bits per heavy atom. The minimum Gasteiger partial charge on any atom is -0.135 e. The smallest absolute Gasteiger partial charge is 0.0448 e.